The summed E-state index contributed by atoms with van der Waals surface area (Å²) in [7, 11) is 0. The van der Waals surface area contributed by atoms with E-state index < -0.39 is 0 Å². The molecule has 2 N–H and O–H groups in total. The number of piperazine rings is 1. The van der Waals surface area contributed by atoms with E-state index in [2.05, 4.69) is 26.1 Å². The summed E-state index contributed by atoms with van der Waals surface area (Å²) < 4.78 is 14.8. The van der Waals surface area contributed by atoms with Crippen LogP contribution >= 0.6 is 28.3 Å². The molecule has 1 saturated heterocycles. The van der Waals surface area contributed by atoms with Crippen LogP contribution in [0, 0.1) is 5.82 Å². The molecule has 108 valence electrons. The Morgan fingerprint density at radius 1 is 1.37 bits per heavy atom. The summed E-state index contributed by atoms with van der Waals surface area (Å²) in [6, 6.07) is 4.96. The zero-order valence-corrected chi connectivity index (χ0v) is 13.0. The van der Waals surface area contributed by atoms with Crippen LogP contribution in [0.5, 0.6) is 0 Å². The fourth-order valence-corrected chi connectivity index (χ4v) is 3.06. The van der Waals surface area contributed by atoms with Gasteiger partial charge in [0.25, 0.3) is 0 Å². The molecule has 19 heavy (non-hydrogen) atoms. The number of nitrogens with one attached hydrogen (secondary N) is 1. The molecule has 1 aliphatic rings. The average molecular weight is 354 g/mol. The summed E-state index contributed by atoms with van der Waals surface area (Å²) in [5.41, 5.74) is 0.661. The lowest BCUT2D eigenvalue weighted by atomic mass is 10.0. The van der Waals surface area contributed by atoms with E-state index in [0.717, 1.165) is 30.7 Å². The summed E-state index contributed by atoms with van der Waals surface area (Å²) >= 11 is 3.42. The van der Waals surface area contributed by atoms with Crippen molar-refractivity contribution in [1.82, 2.24) is 10.2 Å². The van der Waals surface area contributed by atoms with E-state index in [1.54, 1.807) is 6.07 Å². The minimum atomic E-state index is -0.207. The second kappa shape index (κ2) is 8.17. The fraction of sp³-hybridized carbons (Fsp3) is 0.538. The van der Waals surface area contributed by atoms with Crippen molar-refractivity contribution in [3.05, 3.63) is 34.1 Å². The van der Waals surface area contributed by atoms with Crippen molar-refractivity contribution in [2.24, 2.45) is 0 Å². The Hall–Kier alpha value is -0.200. The van der Waals surface area contributed by atoms with Gasteiger partial charge in [0.05, 0.1) is 0 Å². The first-order chi connectivity index (χ1) is 8.74. The maximum absolute atomic E-state index is 14.0. The Balaban J connectivity index is 0.00000180. The molecule has 3 nitrogen and oxygen atoms in total. The largest absolute Gasteiger partial charge is 0.396 e. The van der Waals surface area contributed by atoms with Gasteiger partial charge in [0, 0.05) is 48.9 Å². The van der Waals surface area contributed by atoms with Crippen molar-refractivity contribution >= 4 is 28.3 Å². The molecule has 1 heterocycles. The number of hydrogen-bond acceptors (Lipinski definition) is 3. The summed E-state index contributed by atoms with van der Waals surface area (Å²) in [4.78, 5) is 2.23. The topological polar surface area (TPSA) is 35.5 Å². The van der Waals surface area contributed by atoms with Crippen LogP contribution in [0.25, 0.3) is 0 Å². The number of benzene rings is 1. The van der Waals surface area contributed by atoms with Crippen molar-refractivity contribution in [3.8, 4) is 0 Å². The van der Waals surface area contributed by atoms with E-state index in [1.807, 2.05) is 6.07 Å². The predicted octanol–water partition coefficient (Wildman–Crippen LogP) is 2.34. The molecule has 6 heteroatoms. The van der Waals surface area contributed by atoms with Gasteiger partial charge in [-0.15, -0.1) is 12.4 Å². The Morgan fingerprint density at radius 3 is 2.63 bits per heavy atom. The molecular weight excluding hydrogens is 335 g/mol. The number of hydrogen-bond donors (Lipinski definition) is 2. The Kier molecular flexibility index (Phi) is 7.25. The van der Waals surface area contributed by atoms with Crippen LogP contribution in [-0.2, 0) is 0 Å². The van der Waals surface area contributed by atoms with Gasteiger partial charge in [-0.25, -0.2) is 4.39 Å². The van der Waals surface area contributed by atoms with Crippen molar-refractivity contribution in [1.29, 1.82) is 0 Å². The van der Waals surface area contributed by atoms with Gasteiger partial charge in [-0.2, -0.15) is 0 Å². The van der Waals surface area contributed by atoms with E-state index in [4.69, 9.17) is 0 Å². The van der Waals surface area contributed by atoms with E-state index >= 15 is 0 Å². The molecule has 1 aromatic carbocycles. The minimum absolute atomic E-state index is 0. The second-order valence-electron chi connectivity index (χ2n) is 4.45. The Morgan fingerprint density at radius 2 is 2.05 bits per heavy atom. The third kappa shape index (κ3) is 4.13. The van der Waals surface area contributed by atoms with Gasteiger partial charge >= 0.3 is 0 Å². The van der Waals surface area contributed by atoms with Crippen LogP contribution in [0.1, 0.15) is 18.0 Å². The molecular formula is C13H19BrClFN2O. The van der Waals surface area contributed by atoms with Gasteiger partial charge in [-0.05, 0) is 18.6 Å². The predicted molar refractivity (Wildman–Crippen MR) is 80.2 cm³/mol. The van der Waals surface area contributed by atoms with Crippen LogP contribution in [-0.4, -0.2) is 42.8 Å². The Bertz CT molecular complexity index is 382. The minimum Gasteiger partial charge on any atom is -0.396 e. The highest BCUT2D eigenvalue weighted by Gasteiger charge is 2.25. The quantitative estimate of drug-likeness (QED) is 0.872. The van der Waals surface area contributed by atoms with Crippen LogP contribution in [0.3, 0.4) is 0 Å². The number of aliphatic hydroxyl groups is 1. The van der Waals surface area contributed by atoms with Crippen molar-refractivity contribution in [2.75, 3.05) is 32.8 Å². The molecule has 2 rings (SSSR count). The highest BCUT2D eigenvalue weighted by molar-refractivity contribution is 9.10. The lowest BCUT2D eigenvalue weighted by molar-refractivity contribution is 0.138. The van der Waals surface area contributed by atoms with Gasteiger partial charge in [0.15, 0.2) is 0 Å². The third-order valence-electron chi connectivity index (χ3n) is 3.33. The molecule has 1 fully saturated rings. The number of rotatable bonds is 4. The van der Waals surface area contributed by atoms with E-state index in [1.165, 1.54) is 6.07 Å². The molecule has 1 atom stereocenters. The molecule has 0 bridgehead atoms. The number of aliphatic hydroxyl groups excluding tert-OH is 1. The van der Waals surface area contributed by atoms with E-state index in [-0.39, 0.29) is 30.9 Å². The van der Waals surface area contributed by atoms with Crippen LogP contribution in [0.4, 0.5) is 4.39 Å². The Labute approximate surface area is 127 Å². The molecule has 0 unspecified atom stereocenters. The normalized spacial score (nSPS) is 17.8. The highest BCUT2D eigenvalue weighted by Crippen LogP contribution is 2.32. The van der Waals surface area contributed by atoms with Crippen molar-refractivity contribution in [2.45, 2.75) is 12.5 Å². The molecule has 0 spiro atoms. The van der Waals surface area contributed by atoms with Crippen LogP contribution in [0.2, 0.25) is 0 Å². The maximum Gasteiger partial charge on any atom is 0.129 e. The van der Waals surface area contributed by atoms with E-state index in [9.17, 15) is 9.50 Å². The van der Waals surface area contributed by atoms with Gasteiger partial charge < -0.3 is 10.4 Å². The van der Waals surface area contributed by atoms with E-state index in [0.29, 0.717) is 12.0 Å². The molecule has 0 saturated carbocycles. The SMILES string of the molecule is Cl.OCC[C@H](c1c(F)cccc1Br)N1CCNCC1. The maximum atomic E-state index is 14.0. The van der Waals surface area contributed by atoms with Gasteiger partial charge in [-0.1, -0.05) is 22.0 Å². The molecule has 0 amide bonds. The number of nitrogens with zero attached hydrogens (tertiary/aromatic N) is 1. The average Bonchev–Trinajstić information content (AvgIpc) is 2.38. The summed E-state index contributed by atoms with van der Waals surface area (Å²) in [5.74, 6) is -0.207. The first-order valence-electron chi connectivity index (χ1n) is 6.23. The zero-order valence-electron chi connectivity index (χ0n) is 10.6. The second-order valence-corrected chi connectivity index (χ2v) is 5.30. The monoisotopic (exact) mass is 352 g/mol. The zero-order chi connectivity index (χ0) is 13.0. The number of halogens is 3. The first-order valence-corrected chi connectivity index (χ1v) is 7.03. The van der Waals surface area contributed by atoms with Gasteiger partial charge in [0.2, 0.25) is 0 Å². The smallest absolute Gasteiger partial charge is 0.129 e. The fourth-order valence-electron chi connectivity index (χ4n) is 2.45. The summed E-state index contributed by atoms with van der Waals surface area (Å²) in [6.07, 6.45) is 0.555. The lowest BCUT2D eigenvalue weighted by Gasteiger charge is -2.35. The standard InChI is InChI=1S/C13H18BrFN2O.ClH/c14-10-2-1-3-11(15)13(10)12(4-9-18)17-7-5-16-6-8-17;/h1-3,12,16,18H,4-9H2;1H/t12-;/m1./s1. The van der Waals surface area contributed by atoms with Gasteiger partial charge in [-0.3, -0.25) is 4.90 Å². The lowest BCUT2D eigenvalue weighted by Crippen LogP contribution is -2.45. The third-order valence-corrected chi connectivity index (χ3v) is 4.02. The van der Waals surface area contributed by atoms with Crippen LogP contribution in [0.15, 0.2) is 22.7 Å². The van der Waals surface area contributed by atoms with Crippen molar-refractivity contribution < 1.29 is 9.50 Å². The summed E-state index contributed by atoms with van der Waals surface area (Å²) in [6.45, 7) is 3.65. The van der Waals surface area contributed by atoms with Crippen LogP contribution < -0.4 is 5.32 Å². The summed E-state index contributed by atoms with van der Waals surface area (Å²) in [5, 5.41) is 12.5. The van der Waals surface area contributed by atoms with Crippen molar-refractivity contribution in [3.63, 3.8) is 0 Å². The molecule has 0 radical (unpaired) electrons. The molecule has 1 aromatic rings. The molecule has 0 aromatic heterocycles. The van der Waals surface area contributed by atoms with Gasteiger partial charge in [0.1, 0.15) is 5.82 Å². The molecule has 0 aliphatic carbocycles. The molecule has 1 aliphatic heterocycles. The highest BCUT2D eigenvalue weighted by atomic mass is 79.9. The first kappa shape index (κ1) is 16.9.